The van der Waals surface area contributed by atoms with E-state index in [-0.39, 0.29) is 16.8 Å². The molecule has 2 unspecified atom stereocenters. The standard InChI is InChI=1S/C19H14BrFN6O/c20-13-10-23-27-18(22-9-11-5-6-15-17(7-11)26-28-25-15)8-16(24-19(13)27)12-3-1-2-4-14(12)21/h1-8,10,13,19,24H,9H2. The molecule has 1 aromatic heterocycles. The van der Waals surface area contributed by atoms with Crippen molar-refractivity contribution in [1.82, 2.24) is 20.6 Å². The Kier molecular flexibility index (Phi) is 4.16. The van der Waals surface area contributed by atoms with Crippen LogP contribution in [0.3, 0.4) is 0 Å². The van der Waals surface area contributed by atoms with Crippen molar-refractivity contribution in [3.63, 3.8) is 0 Å². The first-order chi connectivity index (χ1) is 13.7. The monoisotopic (exact) mass is 440 g/mol. The average molecular weight is 441 g/mol. The van der Waals surface area contributed by atoms with Crippen LogP contribution in [0.1, 0.15) is 11.1 Å². The molecule has 3 aromatic rings. The third-order valence-corrected chi connectivity index (χ3v) is 5.35. The molecule has 140 valence electrons. The lowest BCUT2D eigenvalue weighted by atomic mass is 10.1. The third-order valence-electron chi connectivity index (χ3n) is 4.62. The lowest BCUT2D eigenvalue weighted by molar-refractivity contribution is 0.315. The van der Waals surface area contributed by atoms with Crippen LogP contribution in [0.15, 0.2) is 63.3 Å². The molecule has 0 fully saturated rings. The highest BCUT2D eigenvalue weighted by molar-refractivity contribution is 9.10. The minimum absolute atomic E-state index is 0.0225. The van der Waals surface area contributed by atoms with E-state index in [9.17, 15) is 4.39 Å². The summed E-state index contributed by atoms with van der Waals surface area (Å²) in [5, 5.41) is 17.2. The molecule has 7 nitrogen and oxygen atoms in total. The van der Waals surface area contributed by atoms with E-state index < -0.39 is 0 Å². The van der Waals surface area contributed by atoms with Crippen molar-refractivity contribution in [3.8, 4) is 0 Å². The predicted octanol–water partition coefficient (Wildman–Crippen LogP) is 3.30. The topological polar surface area (TPSA) is 78.9 Å². The van der Waals surface area contributed by atoms with Crippen LogP contribution < -0.4 is 5.32 Å². The van der Waals surface area contributed by atoms with E-state index in [0.717, 1.165) is 5.56 Å². The molecular weight excluding hydrogens is 427 g/mol. The van der Waals surface area contributed by atoms with E-state index in [1.54, 1.807) is 23.4 Å². The first-order valence-electron chi connectivity index (χ1n) is 8.65. The van der Waals surface area contributed by atoms with Gasteiger partial charge in [0.25, 0.3) is 0 Å². The summed E-state index contributed by atoms with van der Waals surface area (Å²) in [6.45, 7) is 0.422. The largest absolute Gasteiger partial charge is 0.362 e. The third kappa shape index (κ3) is 2.97. The molecule has 0 saturated carbocycles. The molecule has 0 spiro atoms. The molecular formula is C19H14BrFN6O. The summed E-state index contributed by atoms with van der Waals surface area (Å²) in [5.74, 6) is 0.363. The minimum atomic E-state index is -0.289. The van der Waals surface area contributed by atoms with Crippen molar-refractivity contribution in [2.45, 2.75) is 17.5 Å². The van der Waals surface area contributed by atoms with Gasteiger partial charge in [-0.3, -0.25) is 4.99 Å². The number of aliphatic imine (C=N–C) groups is 1. The summed E-state index contributed by atoms with van der Waals surface area (Å²) in [7, 11) is 0. The number of halogens is 2. The highest BCUT2D eigenvalue weighted by Crippen LogP contribution is 2.27. The molecule has 3 heterocycles. The zero-order chi connectivity index (χ0) is 19.1. The SMILES string of the molecule is Fc1ccccc1C1=CC(=NCc2ccc3nonc3c2)N2N=CC(Br)C2N1. The lowest BCUT2D eigenvalue weighted by Crippen LogP contribution is -2.50. The Morgan fingerprint density at radius 1 is 1.18 bits per heavy atom. The van der Waals surface area contributed by atoms with Gasteiger partial charge in [-0.15, -0.1) is 0 Å². The Hall–Kier alpha value is -3.07. The van der Waals surface area contributed by atoms with Crippen molar-refractivity contribution in [1.29, 1.82) is 0 Å². The Morgan fingerprint density at radius 2 is 2.04 bits per heavy atom. The molecule has 0 aliphatic carbocycles. The number of aromatic nitrogens is 2. The number of rotatable bonds is 3. The van der Waals surface area contributed by atoms with Gasteiger partial charge in [0.1, 0.15) is 28.9 Å². The molecule has 2 aliphatic rings. The molecule has 0 bridgehead atoms. The minimum Gasteiger partial charge on any atom is -0.362 e. The van der Waals surface area contributed by atoms with Crippen molar-refractivity contribution < 1.29 is 9.02 Å². The summed E-state index contributed by atoms with van der Waals surface area (Å²) < 4.78 is 19.0. The van der Waals surface area contributed by atoms with Gasteiger partial charge in [-0.2, -0.15) is 5.10 Å². The summed E-state index contributed by atoms with van der Waals surface area (Å²) in [4.78, 5) is 4.70. The Bertz CT molecular complexity index is 1140. The van der Waals surface area contributed by atoms with Crippen molar-refractivity contribution >= 4 is 44.7 Å². The number of amidine groups is 1. The first-order valence-corrected chi connectivity index (χ1v) is 9.57. The summed E-state index contributed by atoms with van der Waals surface area (Å²) in [5.41, 5.74) is 3.51. The first kappa shape index (κ1) is 17.1. The van der Waals surface area contributed by atoms with Crippen LogP contribution >= 0.6 is 15.9 Å². The van der Waals surface area contributed by atoms with E-state index in [4.69, 9.17) is 9.62 Å². The van der Waals surface area contributed by atoms with Crippen LogP contribution in [-0.2, 0) is 6.54 Å². The summed E-state index contributed by atoms with van der Waals surface area (Å²) in [6.07, 6.45) is 3.42. The Balaban J connectivity index is 1.50. The van der Waals surface area contributed by atoms with Crippen molar-refractivity contribution in [3.05, 3.63) is 65.5 Å². The molecule has 2 aliphatic heterocycles. The maximum atomic E-state index is 14.3. The van der Waals surface area contributed by atoms with E-state index in [1.807, 2.05) is 30.3 Å². The summed E-state index contributed by atoms with van der Waals surface area (Å²) in [6, 6.07) is 12.3. The van der Waals surface area contributed by atoms with Gasteiger partial charge in [0.2, 0.25) is 0 Å². The fourth-order valence-electron chi connectivity index (χ4n) is 3.21. The second-order valence-corrected chi connectivity index (χ2v) is 7.50. The van der Waals surface area contributed by atoms with Crippen LogP contribution in [0, 0.1) is 5.82 Å². The lowest BCUT2D eigenvalue weighted by Gasteiger charge is -2.33. The molecule has 2 aromatic carbocycles. The van der Waals surface area contributed by atoms with E-state index in [2.05, 4.69) is 36.7 Å². The van der Waals surface area contributed by atoms with Crippen LogP contribution in [0.2, 0.25) is 0 Å². The normalized spacial score (nSPS) is 22.4. The number of hydrogen-bond acceptors (Lipinski definition) is 6. The smallest absolute Gasteiger partial charge is 0.148 e. The van der Waals surface area contributed by atoms with Crippen LogP contribution in [0.5, 0.6) is 0 Å². The second kappa shape index (κ2) is 6.83. The molecule has 28 heavy (non-hydrogen) atoms. The Labute approximate surface area is 167 Å². The number of nitrogens with zero attached hydrogens (tertiary/aromatic N) is 5. The molecule has 0 radical (unpaired) electrons. The highest BCUT2D eigenvalue weighted by atomic mass is 79.9. The van der Waals surface area contributed by atoms with Gasteiger partial charge in [0, 0.05) is 23.6 Å². The number of fused-ring (bicyclic) bond motifs is 2. The van der Waals surface area contributed by atoms with Gasteiger partial charge < -0.3 is 5.32 Å². The molecule has 1 N–H and O–H groups in total. The van der Waals surface area contributed by atoms with E-state index >= 15 is 0 Å². The highest BCUT2D eigenvalue weighted by Gasteiger charge is 2.35. The fourth-order valence-corrected chi connectivity index (χ4v) is 3.68. The second-order valence-electron chi connectivity index (χ2n) is 6.44. The average Bonchev–Trinajstić information content (AvgIpc) is 3.33. The number of benzene rings is 2. The van der Waals surface area contributed by atoms with Gasteiger partial charge in [0.05, 0.1) is 11.4 Å². The van der Waals surface area contributed by atoms with Crippen LogP contribution in [0.4, 0.5) is 4.39 Å². The van der Waals surface area contributed by atoms with Gasteiger partial charge in [-0.25, -0.2) is 14.0 Å². The van der Waals surface area contributed by atoms with Crippen LogP contribution in [-0.4, -0.2) is 38.4 Å². The maximum absolute atomic E-state index is 14.3. The predicted molar refractivity (Wildman–Crippen MR) is 107 cm³/mol. The number of alkyl halides is 1. The van der Waals surface area contributed by atoms with Crippen molar-refractivity contribution in [2.24, 2.45) is 10.1 Å². The molecule has 2 atom stereocenters. The molecule has 0 amide bonds. The van der Waals surface area contributed by atoms with Gasteiger partial charge in [-0.1, -0.05) is 34.1 Å². The molecule has 0 saturated heterocycles. The Morgan fingerprint density at radius 3 is 2.93 bits per heavy atom. The molecule has 5 rings (SSSR count). The van der Waals surface area contributed by atoms with E-state index in [1.165, 1.54) is 6.07 Å². The zero-order valence-corrected chi connectivity index (χ0v) is 16.0. The fraction of sp³-hybridized carbons (Fsp3) is 0.158. The van der Waals surface area contributed by atoms with Crippen LogP contribution in [0.25, 0.3) is 16.7 Å². The summed E-state index contributed by atoms with van der Waals surface area (Å²) >= 11 is 3.59. The number of hydrogen-bond donors (Lipinski definition) is 1. The zero-order valence-electron chi connectivity index (χ0n) is 14.5. The van der Waals surface area contributed by atoms with Gasteiger partial charge in [0.15, 0.2) is 0 Å². The van der Waals surface area contributed by atoms with E-state index in [0.29, 0.717) is 34.7 Å². The van der Waals surface area contributed by atoms with Crippen molar-refractivity contribution in [2.75, 3.05) is 0 Å². The van der Waals surface area contributed by atoms with Gasteiger partial charge in [-0.05, 0) is 40.1 Å². The maximum Gasteiger partial charge on any atom is 0.148 e. The van der Waals surface area contributed by atoms with Gasteiger partial charge >= 0.3 is 0 Å². The molecule has 9 heteroatoms. The quantitative estimate of drug-likeness (QED) is 0.632. The number of hydrazone groups is 1. The number of nitrogens with one attached hydrogen (secondary N) is 1.